The van der Waals surface area contributed by atoms with Crippen LogP contribution >= 0.6 is 23.3 Å². The number of nitrogens with one attached hydrogen (secondary N) is 1. The van der Waals surface area contributed by atoms with Gasteiger partial charge in [-0.3, -0.25) is 29.0 Å². The zero-order chi connectivity index (χ0) is 28.7. The highest BCUT2D eigenvalue weighted by Gasteiger charge is 2.53. The molecule has 0 aromatic carbocycles. The minimum Gasteiger partial charge on any atom is -0.543 e. The van der Waals surface area contributed by atoms with E-state index >= 15 is 0 Å². The van der Waals surface area contributed by atoms with Gasteiger partial charge in [0.15, 0.2) is 16.7 Å². The Morgan fingerprint density at radius 2 is 2.12 bits per heavy atom. The Hall–Kier alpha value is -4.70. The molecule has 0 saturated carbocycles. The van der Waals surface area contributed by atoms with Gasteiger partial charge < -0.3 is 21.0 Å². The quantitative estimate of drug-likeness (QED) is 0.142. The predicted molar refractivity (Wildman–Crippen MR) is 147 cm³/mol. The third kappa shape index (κ3) is 4.80. The monoisotopic (exact) mass is 590 g/mol. The largest absolute Gasteiger partial charge is 0.543 e. The Morgan fingerprint density at radius 1 is 1.27 bits per heavy atom. The van der Waals surface area contributed by atoms with Gasteiger partial charge in [-0.05, 0) is 29.2 Å². The van der Waals surface area contributed by atoms with E-state index in [1.165, 1.54) is 23.7 Å². The number of β-lactam (4-membered cyclic amide) rings is 1. The Morgan fingerprint density at radius 3 is 2.83 bits per heavy atom. The summed E-state index contributed by atoms with van der Waals surface area (Å²) in [6.45, 7) is 0.711. The van der Waals surface area contributed by atoms with Gasteiger partial charge in [-0.25, -0.2) is 4.57 Å². The van der Waals surface area contributed by atoms with Crippen molar-refractivity contribution in [3.05, 3.63) is 71.8 Å². The van der Waals surface area contributed by atoms with E-state index in [1.807, 2.05) is 45.7 Å². The topological polar surface area (TPSA) is 188 Å². The number of carboxylic acids is 1. The molecule has 0 bridgehead atoms. The van der Waals surface area contributed by atoms with Crippen molar-refractivity contribution in [1.29, 1.82) is 0 Å². The smallest absolute Gasteiger partial charge is 0.349 e. The van der Waals surface area contributed by atoms with Crippen LogP contribution in [0.3, 0.4) is 0 Å². The van der Waals surface area contributed by atoms with Crippen LogP contribution in [-0.2, 0) is 27.5 Å². The lowest BCUT2D eigenvalue weighted by atomic mass is 10.0. The molecule has 0 spiro atoms. The maximum Gasteiger partial charge on any atom is 0.349 e. The number of rotatable bonds is 8. The number of aliphatic imine (C=N–C) groups is 1. The molecular formula is C25H22N10O4S2. The Bertz CT molecular complexity index is 1750. The van der Waals surface area contributed by atoms with Crippen molar-refractivity contribution in [3.8, 4) is 0 Å². The molecule has 14 nitrogen and oxygen atoms in total. The van der Waals surface area contributed by atoms with Gasteiger partial charge >= 0.3 is 5.65 Å². The van der Waals surface area contributed by atoms with Crippen LogP contribution in [0.15, 0.2) is 65.3 Å². The second-order valence-electron chi connectivity index (χ2n) is 9.17. The number of carbonyl (C=O) groups is 3. The third-order valence-corrected chi connectivity index (χ3v) is 8.57. The van der Waals surface area contributed by atoms with E-state index in [-0.39, 0.29) is 28.9 Å². The predicted octanol–water partition coefficient (Wildman–Crippen LogP) is -1.28. The number of carboxylic acid groups (broad SMARTS) is 1. The number of imidazole rings is 1. The summed E-state index contributed by atoms with van der Waals surface area (Å²) < 4.78 is 7.80. The van der Waals surface area contributed by atoms with Crippen molar-refractivity contribution in [2.24, 2.45) is 4.99 Å². The van der Waals surface area contributed by atoms with E-state index in [0.29, 0.717) is 23.5 Å². The number of nitrogens with two attached hydrogens (primary N) is 1. The molecule has 4 aromatic rings. The van der Waals surface area contributed by atoms with Crippen molar-refractivity contribution in [1.82, 2.24) is 34.1 Å². The first-order chi connectivity index (χ1) is 19.9. The number of fused-ring (bicyclic) bond motifs is 2. The molecule has 208 valence electrons. The normalized spacial score (nSPS) is 18.8. The van der Waals surface area contributed by atoms with E-state index < -0.39 is 29.2 Å². The highest BCUT2D eigenvalue weighted by Crippen LogP contribution is 2.40. The van der Waals surface area contributed by atoms with E-state index in [0.717, 1.165) is 22.7 Å². The highest BCUT2D eigenvalue weighted by atomic mass is 32.2. The third-order valence-electron chi connectivity index (χ3n) is 6.69. The maximum atomic E-state index is 13.1. The van der Waals surface area contributed by atoms with Crippen LogP contribution in [0.4, 0.5) is 5.13 Å². The van der Waals surface area contributed by atoms with E-state index in [1.54, 1.807) is 12.5 Å². The van der Waals surface area contributed by atoms with E-state index in [4.69, 9.17) is 5.73 Å². The summed E-state index contributed by atoms with van der Waals surface area (Å²) in [5.41, 5.74) is 8.22. The second-order valence-corrected chi connectivity index (χ2v) is 11.1. The summed E-state index contributed by atoms with van der Waals surface area (Å²) in [6, 6.07) is 8.53. The number of hydrogen-bond donors (Lipinski definition) is 2. The molecule has 6 heterocycles. The molecule has 3 N–H and O–H groups in total. The number of aromatic nitrogens is 6. The van der Waals surface area contributed by atoms with Gasteiger partial charge in [0.1, 0.15) is 23.5 Å². The SMILES string of the molecule is CN=C(C(=O)NC1C(=O)N2C(C(=O)[O-])=C(C[n+]3cccc4c3ncn4Cc3ccccn3)CSC12)c1nsc(N)n1. The van der Waals surface area contributed by atoms with Crippen LogP contribution in [0.5, 0.6) is 0 Å². The van der Waals surface area contributed by atoms with Crippen LogP contribution < -0.4 is 20.7 Å². The van der Waals surface area contributed by atoms with Crippen molar-refractivity contribution >= 4 is 63.1 Å². The first-order valence-corrected chi connectivity index (χ1v) is 14.2. The lowest BCUT2D eigenvalue weighted by Crippen LogP contribution is -2.71. The molecule has 16 heteroatoms. The Balaban J connectivity index is 1.23. The number of pyridine rings is 2. The Labute approximate surface area is 240 Å². The molecule has 0 radical (unpaired) electrons. The zero-order valence-electron chi connectivity index (χ0n) is 21.5. The standard InChI is InChI=1S/C25H22N10O4S2/c1-27-16(19-31-25(26)41-32-19)21(36)30-17-22(37)35-18(24(38)39)13(11-40-23(17)35)9-33-8-4-6-15-20(33)29-12-34(15)10-14-5-2-3-7-28-14/h2-8,12,17,23H,9-11H2,1H3,(H3-,26,30,31,32,36,38,39). The lowest BCUT2D eigenvalue weighted by molar-refractivity contribution is -0.664. The summed E-state index contributed by atoms with van der Waals surface area (Å²) >= 11 is 2.27. The second kappa shape index (κ2) is 10.7. The van der Waals surface area contributed by atoms with Crippen molar-refractivity contribution in [3.63, 3.8) is 0 Å². The molecule has 41 heavy (non-hydrogen) atoms. The molecule has 2 aliphatic heterocycles. The van der Waals surface area contributed by atoms with Gasteiger partial charge in [0.05, 0.1) is 30.1 Å². The average Bonchev–Trinajstić information content (AvgIpc) is 3.59. The molecule has 2 unspecified atom stereocenters. The van der Waals surface area contributed by atoms with Crippen LogP contribution in [-0.4, -0.2) is 76.5 Å². The first-order valence-electron chi connectivity index (χ1n) is 12.3. The molecule has 2 aliphatic rings. The lowest BCUT2D eigenvalue weighted by Gasteiger charge is -2.50. The molecule has 0 aliphatic carbocycles. The van der Waals surface area contributed by atoms with E-state index in [9.17, 15) is 19.5 Å². The maximum absolute atomic E-state index is 13.1. The first kappa shape index (κ1) is 26.5. The molecule has 6 rings (SSSR count). The summed E-state index contributed by atoms with van der Waals surface area (Å²) in [6.07, 6.45) is 5.25. The van der Waals surface area contributed by atoms with E-state index in [2.05, 4.69) is 29.6 Å². The van der Waals surface area contributed by atoms with Gasteiger partial charge in [0.25, 0.3) is 11.8 Å². The molecule has 2 atom stereocenters. The fourth-order valence-electron chi connectivity index (χ4n) is 4.84. The number of anilines is 1. The summed E-state index contributed by atoms with van der Waals surface area (Å²) in [5, 5.41) is 14.5. The number of carbonyl (C=O) groups excluding carboxylic acids is 3. The fraction of sp³-hybridized carbons (Fsp3) is 0.240. The molecule has 1 fully saturated rings. The number of thioether (sulfide) groups is 1. The number of hydrogen-bond acceptors (Lipinski definition) is 12. The van der Waals surface area contributed by atoms with Crippen LogP contribution in [0.2, 0.25) is 0 Å². The summed E-state index contributed by atoms with van der Waals surface area (Å²) in [7, 11) is 1.40. The van der Waals surface area contributed by atoms with Crippen molar-refractivity contribution in [2.45, 2.75) is 24.5 Å². The summed E-state index contributed by atoms with van der Waals surface area (Å²) in [5.74, 6) is -2.32. The molecular weight excluding hydrogens is 568 g/mol. The number of amides is 2. The average molecular weight is 591 g/mol. The highest BCUT2D eigenvalue weighted by molar-refractivity contribution is 8.00. The number of aliphatic carboxylic acids is 1. The van der Waals surface area contributed by atoms with Gasteiger partial charge in [-0.15, -0.1) is 11.8 Å². The van der Waals surface area contributed by atoms with Crippen molar-refractivity contribution in [2.75, 3.05) is 18.5 Å². The van der Waals surface area contributed by atoms with Crippen LogP contribution in [0.1, 0.15) is 11.5 Å². The van der Waals surface area contributed by atoms with Gasteiger partial charge in [0.2, 0.25) is 6.33 Å². The van der Waals surface area contributed by atoms with Gasteiger partial charge in [0, 0.05) is 36.1 Å². The minimum atomic E-state index is -1.46. The zero-order valence-corrected chi connectivity index (χ0v) is 23.1. The molecule has 4 aromatic heterocycles. The van der Waals surface area contributed by atoms with Crippen LogP contribution in [0.25, 0.3) is 11.2 Å². The minimum absolute atomic E-state index is 0.0544. The summed E-state index contributed by atoms with van der Waals surface area (Å²) in [4.78, 5) is 56.3. The molecule has 1 saturated heterocycles. The number of nitrogens with zero attached hydrogens (tertiary/aromatic N) is 8. The van der Waals surface area contributed by atoms with Crippen molar-refractivity contribution < 1.29 is 24.1 Å². The Kier molecular flexibility index (Phi) is 6.92. The van der Waals surface area contributed by atoms with Crippen LogP contribution in [0, 0.1) is 0 Å². The fourth-order valence-corrected chi connectivity index (χ4v) is 6.61. The molecule has 2 amide bonds. The van der Waals surface area contributed by atoms with Gasteiger partial charge in [-0.2, -0.15) is 9.36 Å². The van der Waals surface area contributed by atoms with Gasteiger partial charge in [-0.1, -0.05) is 6.07 Å². The number of nitrogen functional groups attached to an aromatic ring is 1.